The zero-order chi connectivity index (χ0) is 11.3. The third kappa shape index (κ3) is 4.39. The molecule has 15 heavy (non-hydrogen) atoms. The average Bonchev–Trinajstić information content (AvgIpc) is 2.19. The minimum Gasteiger partial charge on any atom is -0.396 e. The van der Waals surface area contributed by atoms with E-state index in [4.69, 9.17) is 28.3 Å². The molecule has 1 unspecified atom stereocenters. The second-order valence-corrected chi connectivity index (χ2v) is 4.30. The van der Waals surface area contributed by atoms with Crippen molar-refractivity contribution in [2.24, 2.45) is 0 Å². The molecule has 0 aromatic heterocycles. The molecule has 4 heteroatoms. The molecule has 0 aliphatic heterocycles. The number of hydrogen-bond acceptors (Lipinski definition) is 2. The predicted molar refractivity (Wildman–Crippen MR) is 62.5 cm³/mol. The minimum absolute atomic E-state index is 0.103. The Morgan fingerprint density at radius 1 is 1.27 bits per heavy atom. The zero-order valence-corrected chi connectivity index (χ0v) is 9.80. The predicted octanol–water partition coefficient (Wildman–Crippen LogP) is 2.67. The molecule has 2 N–H and O–H groups in total. The molecule has 1 aromatic rings. The molecule has 84 valence electrons. The van der Waals surface area contributed by atoms with Crippen LogP contribution in [-0.2, 0) is 6.42 Å². The maximum absolute atomic E-state index is 9.62. The summed E-state index contributed by atoms with van der Waals surface area (Å²) in [4.78, 5) is 0. The van der Waals surface area contributed by atoms with Gasteiger partial charge in [-0.2, -0.15) is 0 Å². The van der Waals surface area contributed by atoms with Gasteiger partial charge in [0.15, 0.2) is 0 Å². The molecule has 0 aliphatic rings. The summed E-state index contributed by atoms with van der Waals surface area (Å²) in [5, 5.41) is 19.4. The Balaban J connectivity index is 2.56. The monoisotopic (exact) mass is 248 g/mol. The average molecular weight is 249 g/mol. The number of halogens is 2. The standard InChI is InChI=1S/C11H14Cl2O2/c12-9-4-3-8(11(13)7-9)6-10(15)2-1-5-14/h3-4,7,10,14-15H,1-2,5-6H2. The van der Waals surface area contributed by atoms with Gasteiger partial charge in [0.05, 0.1) is 6.10 Å². The van der Waals surface area contributed by atoms with Crippen LogP contribution in [0.2, 0.25) is 10.0 Å². The van der Waals surface area contributed by atoms with Crippen molar-refractivity contribution in [1.29, 1.82) is 0 Å². The molecule has 0 saturated heterocycles. The number of rotatable bonds is 5. The maximum atomic E-state index is 9.62. The van der Waals surface area contributed by atoms with Crippen LogP contribution in [0.3, 0.4) is 0 Å². The molecule has 1 rings (SSSR count). The first-order valence-electron chi connectivity index (χ1n) is 4.86. The van der Waals surface area contributed by atoms with Gasteiger partial charge in [-0.1, -0.05) is 29.3 Å². The van der Waals surface area contributed by atoms with E-state index in [0.717, 1.165) is 5.56 Å². The maximum Gasteiger partial charge on any atom is 0.0581 e. The summed E-state index contributed by atoms with van der Waals surface area (Å²) in [6.07, 6.45) is 1.22. The Labute approximate surface area is 99.5 Å². The van der Waals surface area contributed by atoms with E-state index in [1.807, 2.05) is 6.07 Å². The highest BCUT2D eigenvalue weighted by Crippen LogP contribution is 2.22. The van der Waals surface area contributed by atoms with Gasteiger partial charge in [0.25, 0.3) is 0 Å². The molecule has 0 bridgehead atoms. The quantitative estimate of drug-likeness (QED) is 0.842. The molecule has 0 heterocycles. The molecule has 0 fully saturated rings. The van der Waals surface area contributed by atoms with E-state index in [0.29, 0.717) is 29.3 Å². The van der Waals surface area contributed by atoms with Crippen LogP contribution in [0, 0.1) is 0 Å². The van der Waals surface area contributed by atoms with Gasteiger partial charge in [-0.25, -0.2) is 0 Å². The molecule has 0 aliphatic carbocycles. The fourth-order valence-electron chi connectivity index (χ4n) is 1.37. The molecule has 1 aromatic carbocycles. The van der Waals surface area contributed by atoms with Crippen LogP contribution >= 0.6 is 23.2 Å². The minimum atomic E-state index is -0.462. The van der Waals surface area contributed by atoms with E-state index in [9.17, 15) is 5.11 Å². The van der Waals surface area contributed by atoms with Crippen molar-refractivity contribution in [1.82, 2.24) is 0 Å². The van der Waals surface area contributed by atoms with Gasteiger partial charge in [0, 0.05) is 16.7 Å². The van der Waals surface area contributed by atoms with Gasteiger partial charge in [-0.3, -0.25) is 0 Å². The number of benzene rings is 1. The third-order valence-corrected chi connectivity index (χ3v) is 2.75. The highest BCUT2D eigenvalue weighted by molar-refractivity contribution is 6.35. The summed E-state index contributed by atoms with van der Waals surface area (Å²) >= 11 is 11.7. The fraction of sp³-hybridized carbons (Fsp3) is 0.455. The first kappa shape index (κ1) is 12.8. The molecule has 1 atom stereocenters. The van der Waals surface area contributed by atoms with Crippen LogP contribution in [0.15, 0.2) is 18.2 Å². The zero-order valence-electron chi connectivity index (χ0n) is 8.29. The Morgan fingerprint density at radius 3 is 2.60 bits per heavy atom. The summed E-state index contributed by atoms with van der Waals surface area (Å²) in [6.45, 7) is 0.103. The summed E-state index contributed by atoms with van der Waals surface area (Å²) in [5.41, 5.74) is 0.881. The van der Waals surface area contributed by atoms with Gasteiger partial charge in [0.1, 0.15) is 0 Å². The van der Waals surface area contributed by atoms with Gasteiger partial charge >= 0.3 is 0 Å². The van der Waals surface area contributed by atoms with Crippen LogP contribution < -0.4 is 0 Å². The normalized spacial score (nSPS) is 12.8. The van der Waals surface area contributed by atoms with Crippen LogP contribution in [0.5, 0.6) is 0 Å². The van der Waals surface area contributed by atoms with E-state index in [-0.39, 0.29) is 6.61 Å². The van der Waals surface area contributed by atoms with Crippen molar-refractivity contribution in [3.8, 4) is 0 Å². The lowest BCUT2D eigenvalue weighted by molar-refractivity contribution is 0.150. The summed E-state index contributed by atoms with van der Waals surface area (Å²) in [6, 6.07) is 5.23. The summed E-state index contributed by atoms with van der Waals surface area (Å²) < 4.78 is 0. The van der Waals surface area contributed by atoms with E-state index < -0.39 is 6.10 Å². The van der Waals surface area contributed by atoms with Crippen LogP contribution in [-0.4, -0.2) is 22.9 Å². The summed E-state index contributed by atoms with van der Waals surface area (Å²) in [5.74, 6) is 0. The largest absolute Gasteiger partial charge is 0.396 e. The van der Waals surface area contributed by atoms with Crippen LogP contribution in [0.25, 0.3) is 0 Å². The van der Waals surface area contributed by atoms with E-state index in [1.54, 1.807) is 12.1 Å². The van der Waals surface area contributed by atoms with Gasteiger partial charge < -0.3 is 10.2 Å². The van der Waals surface area contributed by atoms with Gasteiger partial charge in [0.2, 0.25) is 0 Å². The van der Waals surface area contributed by atoms with Crippen LogP contribution in [0.4, 0.5) is 0 Å². The van der Waals surface area contributed by atoms with Gasteiger partial charge in [-0.15, -0.1) is 0 Å². The Morgan fingerprint density at radius 2 is 2.00 bits per heavy atom. The second kappa shape index (κ2) is 6.33. The van der Waals surface area contributed by atoms with E-state index in [1.165, 1.54) is 0 Å². The SMILES string of the molecule is OCCCC(O)Cc1ccc(Cl)cc1Cl. The highest BCUT2D eigenvalue weighted by Gasteiger charge is 2.08. The van der Waals surface area contributed by atoms with E-state index >= 15 is 0 Å². The van der Waals surface area contributed by atoms with Crippen molar-refractivity contribution in [2.75, 3.05) is 6.61 Å². The number of hydrogen-bond donors (Lipinski definition) is 2. The lowest BCUT2D eigenvalue weighted by Crippen LogP contribution is -2.11. The van der Waals surface area contributed by atoms with Crippen molar-refractivity contribution in [2.45, 2.75) is 25.4 Å². The Bertz CT molecular complexity index is 315. The number of aliphatic hydroxyl groups is 2. The van der Waals surface area contributed by atoms with Crippen LogP contribution in [0.1, 0.15) is 18.4 Å². The molecule has 2 nitrogen and oxygen atoms in total. The molecular weight excluding hydrogens is 235 g/mol. The lowest BCUT2D eigenvalue weighted by atomic mass is 10.0. The van der Waals surface area contributed by atoms with Gasteiger partial charge in [-0.05, 0) is 37.0 Å². The van der Waals surface area contributed by atoms with Crippen molar-refractivity contribution in [3.63, 3.8) is 0 Å². The highest BCUT2D eigenvalue weighted by atomic mass is 35.5. The summed E-state index contributed by atoms with van der Waals surface area (Å²) in [7, 11) is 0. The fourth-order valence-corrected chi connectivity index (χ4v) is 1.86. The van der Waals surface area contributed by atoms with E-state index in [2.05, 4.69) is 0 Å². The molecule has 0 saturated carbocycles. The lowest BCUT2D eigenvalue weighted by Gasteiger charge is -2.11. The molecule has 0 spiro atoms. The number of aliphatic hydroxyl groups excluding tert-OH is 2. The molecule has 0 amide bonds. The first-order valence-corrected chi connectivity index (χ1v) is 5.62. The smallest absolute Gasteiger partial charge is 0.0581 e. The third-order valence-electron chi connectivity index (χ3n) is 2.17. The molecule has 0 radical (unpaired) electrons. The van der Waals surface area contributed by atoms with Crippen molar-refractivity contribution >= 4 is 23.2 Å². The second-order valence-electron chi connectivity index (χ2n) is 3.46. The van der Waals surface area contributed by atoms with Crippen molar-refractivity contribution in [3.05, 3.63) is 33.8 Å². The Hall–Kier alpha value is -0.280. The first-order chi connectivity index (χ1) is 7.13. The van der Waals surface area contributed by atoms with Crippen molar-refractivity contribution < 1.29 is 10.2 Å². The Kier molecular flexibility index (Phi) is 5.40. The topological polar surface area (TPSA) is 40.5 Å². The molecular formula is C11H14Cl2O2.